The number of amides is 1. The second-order valence-electron chi connectivity index (χ2n) is 5.38. The molecular weight excluding hydrogens is 297 g/mol. The molecule has 0 aliphatic carbocycles. The molecule has 1 aromatic heterocycles. The summed E-state index contributed by atoms with van der Waals surface area (Å²) < 4.78 is 13.6. The van der Waals surface area contributed by atoms with E-state index < -0.39 is 11.7 Å². The van der Waals surface area contributed by atoms with Crippen LogP contribution >= 0.6 is 0 Å². The number of aromatic nitrogens is 2. The number of benzene rings is 1. The van der Waals surface area contributed by atoms with E-state index in [0.29, 0.717) is 18.2 Å². The van der Waals surface area contributed by atoms with Crippen LogP contribution in [0.5, 0.6) is 0 Å². The number of nitrogens with one attached hydrogen (secondary N) is 2. The number of aryl methyl sites for hydroxylation is 1. The molecule has 0 aliphatic rings. The lowest BCUT2D eigenvalue weighted by atomic mass is 10.2. The lowest BCUT2D eigenvalue weighted by Gasteiger charge is -2.11. The van der Waals surface area contributed by atoms with Crippen LogP contribution in [-0.2, 0) is 0 Å². The maximum Gasteiger partial charge on any atom is 0.274 e. The first-order valence-electron chi connectivity index (χ1n) is 7.26. The van der Waals surface area contributed by atoms with Crippen molar-refractivity contribution in [2.45, 2.75) is 6.92 Å². The largest absolute Gasteiger partial charge is 0.353 e. The molecular formula is C16H20FN5O. The molecule has 0 saturated carbocycles. The Morgan fingerprint density at radius 1 is 1.26 bits per heavy atom. The van der Waals surface area contributed by atoms with E-state index in [4.69, 9.17) is 0 Å². The Morgan fingerprint density at radius 3 is 2.70 bits per heavy atom. The van der Waals surface area contributed by atoms with Gasteiger partial charge in [0.2, 0.25) is 5.95 Å². The molecule has 1 heterocycles. The van der Waals surface area contributed by atoms with Crippen molar-refractivity contribution in [1.82, 2.24) is 14.9 Å². The Bertz CT molecular complexity index is 690. The first-order valence-corrected chi connectivity index (χ1v) is 7.26. The van der Waals surface area contributed by atoms with Crippen molar-refractivity contribution in [2.75, 3.05) is 37.8 Å². The van der Waals surface area contributed by atoms with Gasteiger partial charge in [-0.3, -0.25) is 4.79 Å². The van der Waals surface area contributed by atoms with Crippen LogP contribution < -0.4 is 10.6 Å². The SMILES string of the molecule is Cc1cc(C(=O)Nc2ccccc2F)nc(NCCN(C)C)n1. The zero-order chi connectivity index (χ0) is 16.8. The van der Waals surface area contributed by atoms with Gasteiger partial charge in [-0.05, 0) is 39.2 Å². The maximum absolute atomic E-state index is 13.6. The van der Waals surface area contributed by atoms with Gasteiger partial charge >= 0.3 is 0 Å². The van der Waals surface area contributed by atoms with Crippen LogP contribution in [0.15, 0.2) is 30.3 Å². The van der Waals surface area contributed by atoms with E-state index in [-0.39, 0.29) is 11.4 Å². The lowest BCUT2D eigenvalue weighted by Crippen LogP contribution is -2.22. The Labute approximate surface area is 134 Å². The number of rotatable bonds is 6. The summed E-state index contributed by atoms with van der Waals surface area (Å²) in [6, 6.07) is 7.56. The molecule has 2 rings (SSSR count). The van der Waals surface area contributed by atoms with Crippen molar-refractivity contribution in [3.8, 4) is 0 Å². The number of nitrogens with zero attached hydrogens (tertiary/aromatic N) is 3. The molecule has 0 spiro atoms. The third kappa shape index (κ3) is 5.00. The van der Waals surface area contributed by atoms with Gasteiger partial charge in [-0.1, -0.05) is 12.1 Å². The average molecular weight is 317 g/mol. The lowest BCUT2D eigenvalue weighted by molar-refractivity contribution is 0.102. The summed E-state index contributed by atoms with van der Waals surface area (Å²) in [5.41, 5.74) is 0.968. The number of likely N-dealkylation sites (N-methyl/N-ethyl adjacent to an activating group) is 1. The van der Waals surface area contributed by atoms with Gasteiger partial charge in [0.15, 0.2) is 0 Å². The molecule has 1 amide bonds. The zero-order valence-electron chi connectivity index (χ0n) is 13.4. The first-order chi connectivity index (χ1) is 11.0. The van der Waals surface area contributed by atoms with Crippen LogP contribution in [0.4, 0.5) is 16.0 Å². The summed E-state index contributed by atoms with van der Waals surface area (Å²) in [4.78, 5) is 22.7. The van der Waals surface area contributed by atoms with E-state index in [2.05, 4.69) is 20.6 Å². The quantitative estimate of drug-likeness (QED) is 0.854. The average Bonchev–Trinajstić information content (AvgIpc) is 2.48. The van der Waals surface area contributed by atoms with Crippen molar-refractivity contribution in [3.63, 3.8) is 0 Å². The number of halogens is 1. The standard InChI is InChI=1S/C16H20FN5O/c1-11-10-14(21-16(19-11)18-8-9-22(2)3)15(23)20-13-7-5-4-6-12(13)17/h4-7,10H,8-9H2,1-3H3,(H,20,23)(H,18,19,21). The van der Waals surface area contributed by atoms with Gasteiger partial charge < -0.3 is 15.5 Å². The molecule has 0 bridgehead atoms. The summed E-state index contributed by atoms with van der Waals surface area (Å²) in [6.07, 6.45) is 0. The van der Waals surface area contributed by atoms with E-state index in [0.717, 1.165) is 6.54 Å². The number of para-hydroxylation sites is 1. The highest BCUT2D eigenvalue weighted by Gasteiger charge is 2.12. The van der Waals surface area contributed by atoms with Crippen LogP contribution in [0.3, 0.4) is 0 Å². The van der Waals surface area contributed by atoms with Gasteiger partial charge in [0.05, 0.1) is 5.69 Å². The first kappa shape index (κ1) is 16.8. The Balaban J connectivity index is 2.11. The Hall–Kier alpha value is -2.54. The number of carbonyl (C=O) groups excluding carboxylic acids is 1. The maximum atomic E-state index is 13.6. The Kier molecular flexibility index (Phi) is 5.59. The number of hydrogen-bond donors (Lipinski definition) is 2. The van der Waals surface area contributed by atoms with E-state index >= 15 is 0 Å². The van der Waals surface area contributed by atoms with Gasteiger partial charge in [0, 0.05) is 18.8 Å². The van der Waals surface area contributed by atoms with Gasteiger partial charge in [0.1, 0.15) is 11.5 Å². The molecule has 2 aromatic rings. The summed E-state index contributed by atoms with van der Waals surface area (Å²) in [5, 5.41) is 5.58. The molecule has 23 heavy (non-hydrogen) atoms. The molecule has 6 nitrogen and oxygen atoms in total. The molecule has 2 N–H and O–H groups in total. The van der Waals surface area contributed by atoms with Crippen LogP contribution in [0, 0.1) is 12.7 Å². The molecule has 0 aliphatic heterocycles. The monoisotopic (exact) mass is 317 g/mol. The van der Waals surface area contributed by atoms with Crippen molar-refractivity contribution < 1.29 is 9.18 Å². The molecule has 0 fully saturated rings. The van der Waals surface area contributed by atoms with Gasteiger partial charge in [-0.15, -0.1) is 0 Å². The third-order valence-corrected chi connectivity index (χ3v) is 3.05. The molecule has 0 unspecified atom stereocenters. The van der Waals surface area contributed by atoms with E-state index in [1.54, 1.807) is 25.1 Å². The Morgan fingerprint density at radius 2 is 2.00 bits per heavy atom. The second-order valence-corrected chi connectivity index (χ2v) is 5.38. The second kappa shape index (κ2) is 7.64. The van der Waals surface area contributed by atoms with Crippen molar-refractivity contribution in [2.24, 2.45) is 0 Å². The summed E-state index contributed by atoms with van der Waals surface area (Å²) in [6.45, 7) is 3.25. The minimum atomic E-state index is -0.490. The van der Waals surface area contributed by atoms with Crippen LogP contribution in [-0.4, -0.2) is 48.0 Å². The van der Waals surface area contributed by atoms with Gasteiger partial charge in [-0.2, -0.15) is 0 Å². The molecule has 7 heteroatoms. The van der Waals surface area contributed by atoms with Crippen LogP contribution in [0.2, 0.25) is 0 Å². The number of anilines is 2. The fourth-order valence-electron chi connectivity index (χ4n) is 1.90. The minimum absolute atomic E-state index is 0.121. The predicted octanol–water partition coefficient (Wildman–Crippen LogP) is 2.15. The van der Waals surface area contributed by atoms with E-state index in [1.807, 2.05) is 19.0 Å². The van der Waals surface area contributed by atoms with Crippen molar-refractivity contribution in [1.29, 1.82) is 0 Å². The number of hydrogen-bond acceptors (Lipinski definition) is 5. The van der Waals surface area contributed by atoms with E-state index in [9.17, 15) is 9.18 Å². The molecule has 1 aromatic carbocycles. The fraction of sp³-hybridized carbons (Fsp3) is 0.312. The fourth-order valence-corrected chi connectivity index (χ4v) is 1.90. The summed E-state index contributed by atoms with van der Waals surface area (Å²) in [5.74, 6) is -0.585. The van der Waals surface area contributed by atoms with E-state index in [1.165, 1.54) is 12.1 Å². The molecule has 122 valence electrons. The van der Waals surface area contributed by atoms with Gasteiger partial charge in [0.25, 0.3) is 5.91 Å². The third-order valence-electron chi connectivity index (χ3n) is 3.05. The summed E-state index contributed by atoms with van der Waals surface area (Å²) in [7, 11) is 3.93. The number of carbonyl (C=O) groups is 1. The smallest absolute Gasteiger partial charge is 0.274 e. The molecule has 0 atom stereocenters. The highest BCUT2D eigenvalue weighted by atomic mass is 19.1. The molecule has 0 radical (unpaired) electrons. The van der Waals surface area contributed by atoms with Gasteiger partial charge in [-0.25, -0.2) is 14.4 Å². The normalized spacial score (nSPS) is 10.7. The highest BCUT2D eigenvalue weighted by molar-refractivity contribution is 6.03. The molecule has 0 saturated heterocycles. The topological polar surface area (TPSA) is 70.2 Å². The zero-order valence-corrected chi connectivity index (χ0v) is 13.4. The summed E-state index contributed by atoms with van der Waals surface area (Å²) >= 11 is 0. The predicted molar refractivity (Wildman–Crippen MR) is 88.2 cm³/mol. The van der Waals surface area contributed by atoms with Crippen molar-refractivity contribution >= 4 is 17.5 Å². The minimum Gasteiger partial charge on any atom is -0.353 e. The van der Waals surface area contributed by atoms with Crippen LogP contribution in [0.1, 0.15) is 16.2 Å². The highest BCUT2D eigenvalue weighted by Crippen LogP contribution is 2.14. The van der Waals surface area contributed by atoms with Crippen LogP contribution in [0.25, 0.3) is 0 Å². The van der Waals surface area contributed by atoms with Crippen molar-refractivity contribution in [3.05, 3.63) is 47.5 Å².